The molecule has 0 bridgehead atoms. The highest BCUT2D eigenvalue weighted by atomic mass is 19.1. The molecule has 9 unspecified atom stereocenters. The number of aliphatic hydroxyl groups excluding tert-OH is 4. The number of halogens is 1. The summed E-state index contributed by atoms with van der Waals surface area (Å²) < 4.78 is 25.3. The Balaban J connectivity index is 1.73. The maximum atomic E-state index is 14.6. The van der Waals surface area contributed by atoms with Crippen LogP contribution in [0, 0.1) is 0 Å². The Hall–Kier alpha value is -1.41. The molecule has 0 aromatic rings. The van der Waals surface area contributed by atoms with Crippen LogP contribution in [0.4, 0.5) is 4.39 Å². The van der Waals surface area contributed by atoms with Crippen LogP contribution in [0.25, 0.3) is 0 Å². The van der Waals surface area contributed by atoms with Gasteiger partial charge >= 0.3 is 17.6 Å². The number of nitrogens with zero attached hydrogens (tertiary/aromatic N) is 1. The van der Waals surface area contributed by atoms with E-state index < -0.39 is 72.2 Å². The number of aliphatic hydroxyl groups is 4. The van der Waals surface area contributed by atoms with Gasteiger partial charge in [-0.05, 0) is 13.8 Å². The minimum atomic E-state index is -3.56. The zero-order chi connectivity index (χ0) is 19.8. The molecule has 3 rings (SSSR count). The Labute approximate surface area is 146 Å². The van der Waals surface area contributed by atoms with Crippen LogP contribution in [0.15, 0.2) is 0 Å². The predicted octanol–water partition coefficient (Wildman–Crippen LogP) is -3.15. The number of aliphatic carboxylic acids is 2. The van der Waals surface area contributed by atoms with Crippen LogP contribution >= 0.6 is 0 Å². The van der Waals surface area contributed by atoms with Crippen molar-refractivity contribution in [3.05, 3.63) is 0 Å². The van der Waals surface area contributed by atoms with Crippen molar-refractivity contribution in [2.75, 3.05) is 6.61 Å². The zero-order valence-corrected chi connectivity index (χ0v) is 13.8. The van der Waals surface area contributed by atoms with Gasteiger partial charge in [-0.3, -0.25) is 4.90 Å². The molecule has 3 aliphatic heterocycles. The Kier molecular flexibility index (Phi) is 4.13. The average Bonchev–Trinajstić information content (AvgIpc) is 3.43. The number of carbonyl (C=O) groups is 2. The minimum absolute atomic E-state index is 0.669. The van der Waals surface area contributed by atoms with Gasteiger partial charge in [-0.15, -0.1) is 0 Å². The van der Waals surface area contributed by atoms with Crippen molar-refractivity contribution in [2.24, 2.45) is 0 Å². The van der Waals surface area contributed by atoms with Gasteiger partial charge in [0.05, 0.1) is 18.2 Å². The van der Waals surface area contributed by atoms with Crippen molar-refractivity contribution in [3.63, 3.8) is 0 Å². The molecule has 6 N–H and O–H groups in total. The lowest BCUT2D eigenvalue weighted by Crippen LogP contribution is -2.64. The first-order chi connectivity index (χ1) is 11.9. The van der Waals surface area contributed by atoms with Crippen LogP contribution < -0.4 is 0 Å². The van der Waals surface area contributed by atoms with Gasteiger partial charge in [0.2, 0.25) is 0 Å². The van der Waals surface area contributed by atoms with Crippen molar-refractivity contribution in [1.29, 1.82) is 0 Å². The minimum Gasteiger partial charge on any atom is -0.478 e. The summed E-state index contributed by atoms with van der Waals surface area (Å²) in [6.45, 7) is 1.86. The van der Waals surface area contributed by atoms with Crippen LogP contribution in [0.2, 0.25) is 0 Å². The highest BCUT2D eigenvalue weighted by molar-refractivity contribution is 6.05. The second kappa shape index (κ2) is 5.55. The fourth-order valence-electron chi connectivity index (χ4n) is 4.08. The third-order valence-electron chi connectivity index (χ3n) is 5.63. The monoisotopic (exact) mass is 381 g/mol. The number of carboxylic acids is 2. The third kappa shape index (κ3) is 2.11. The molecule has 3 aliphatic rings. The summed E-state index contributed by atoms with van der Waals surface area (Å²) in [5.41, 5.74) is -6.74. The van der Waals surface area contributed by atoms with Crippen LogP contribution in [-0.2, 0) is 19.1 Å². The Morgan fingerprint density at radius 2 is 1.65 bits per heavy atom. The van der Waals surface area contributed by atoms with Gasteiger partial charge in [-0.2, -0.15) is 0 Å². The maximum absolute atomic E-state index is 14.6. The van der Waals surface area contributed by atoms with Gasteiger partial charge in [0.15, 0.2) is 6.29 Å². The highest BCUT2D eigenvalue weighted by Crippen LogP contribution is 2.73. The molecule has 0 radical (unpaired) electrons. The number of hydrogen-bond acceptors (Lipinski definition) is 9. The number of hydrogen-bond donors (Lipinski definition) is 6. The number of ether oxygens (including phenoxy) is 2. The molecule has 3 saturated heterocycles. The summed E-state index contributed by atoms with van der Waals surface area (Å²) in [6, 6.07) is -0.917. The van der Waals surface area contributed by atoms with E-state index in [1.807, 2.05) is 0 Å². The van der Waals surface area contributed by atoms with Gasteiger partial charge in [-0.25, -0.2) is 14.0 Å². The van der Waals surface area contributed by atoms with E-state index in [1.54, 1.807) is 0 Å². The maximum Gasteiger partial charge on any atom is 0.355 e. The summed E-state index contributed by atoms with van der Waals surface area (Å²) in [4.78, 5) is 23.5. The zero-order valence-electron chi connectivity index (χ0n) is 13.8. The van der Waals surface area contributed by atoms with E-state index in [0.29, 0.717) is 0 Å². The van der Waals surface area contributed by atoms with Crippen LogP contribution in [0.5, 0.6) is 0 Å². The van der Waals surface area contributed by atoms with E-state index in [0.717, 1.165) is 11.8 Å². The van der Waals surface area contributed by atoms with E-state index in [1.165, 1.54) is 6.92 Å². The second-order valence-electron chi connectivity index (χ2n) is 7.06. The second-order valence-corrected chi connectivity index (χ2v) is 7.06. The number of rotatable bonds is 6. The van der Waals surface area contributed by atoms with E-state index in [4.69, 9.17) is 24.8 Å². The molecule has 3 fully saturated rings. The lowest BCUT2D eigenvalue weighted by atomic mass is 9.81. The molecule has 3 heterocycles. The van der Waals surface area contributed by atoms with Crippen molar-refractivity contribution in [1.82, 2.24) is 4.90 Å². The van der Waals surface area contributed by atoms with E-state index in [-0.39, 0.29) is 0 Å². The first-order valence-corrected chi connectivity index (χ1v) is 7.82. The number of fused-ring (bicyclic) bond motifs is 1. The first kappa shape index (κ1) is 19.4. The molecule has 0 aromatic heterocycles. The first-order valence-electron chi connectivity index (χ1n) is 7.82. The SMILES string of the molecule is CC1(OC2OC(CO)C(O)C(O)C2O)C2N1C2(C)C(F)(C(=O)O)C(=O)O. The summed E-state index contributed by atoms with van der Waals surface area (Å²) in [5, 5.41) is 56.6. The summed E-state index contributed by atoms with van der Waals surface area (Å²) >= 11 is 0. The van der Waals surface area contributed by atoms with E-state index in [2.05, 4.69) is 0 Å². The molecule has 0 spiro atoms. The molecule has 0 aliphatic carbocycles. The molecule has 0 saturated carbocycles. The predicted molar refractivity (Wildman–Crippen MR) is 76.4 cm³/mol. The van der Waals surface area contributed by atoms with Crippen LogP contribution in [-0.4, -0.2) is 108 Å². The molecule has 0 aromatic carbocycles. The molecule has 26 heavy (non-hydrogen) atoms. The Bertz CT molecular complexity index is 617. The molecule has 12 heteroatoms. The topological polar surface area (TPSA) is 177 Å². The Morgan fingerprint density at radius 3 is 2.08 bits per heavy atom. The molecule has 9 atom stereocenters. The van der Waals surface area contributed by atoms with Gasteiger partial charge in [0.1, 0.15) is 30.1 Å². The van der Waals surface area contributed by atoms with Crippen molar-refractivity contribution < 1.29 is 54.1 Å². The molecular formula is C14H20FNO10. The smallest absolute Gasteiger partial charge is 0.355 e. The largest absolute Gasteiger partial charge is 0.478 e. The molecule has 148 valence electrons. The molecule has 11 nitrogen and oxygen atoms in total. The summed E-state index contributed by atoms with van der Waals surface area (Å²) in [5.74, 6) is -4.29. The van der Waals surface area contributed by atoms with Gasteiger partial charge in [0.25, 0.3) is 0 Å². The van der Waals surface area contributed by atoms with Gasteiger partial charge in [0, 0.05) is 0 Å². The normalized spacial score (nSPS) is 50.0. The lowest BCUT2D eigenvalue weighted by Gasteiger charge is -2.43. The van der Waals surface area contributed by atoms with Crippen molar-refractivity contribution >= 4 is 11.9 Å². The number of carboxylic acid groups (broad SMARTS) is 2. The fourth-order valence-corrected chi connectivity index (χ4v) is 4.08. The molecule has 0 amide bonds. The van der Waals surface area contributed by atoms with Gasteiger partial charge < -0.3 is 40.1 Å². The summed E-state index contributed by atoms with van der Waals surface area (Å²) in [6.07, 6.45) is -7.66. The van der Waals surface area contributed by atoms with Crippen molar-refractivity contribution in [3.8, 4) is 0 Å². The van der Waals surface area contributed by atoms with E-state index >= 15 is 0 Å². The highest BCUT2D eigenvalue weighted by Gasteiger charge is 2.97. The van der Waals surface area contributed by atoms with Crippen molar-refractivity contribution in [2.45, 2.75) is 67.5 Å². The standard InChI is InChI=1S/C14H20FNO10/c1-12(14(15,10(21)22)11(23)24)9-13(2,16(9)12)26-8-7(20)6(19)5(18)4(3-17)25-8/h4-9,17-20H,3H2,1-2H3,(H,21,22)(H,23,24). The quantitative estimate of drug-likeness (QED) is 0.202. The van der Waals surface area contributed by atoms with Gasteiger partial charge in [-0.1, -0.05) is 0 Å². The Morgan fingerprint density at radius 1 is 1.15 bits per heavy atom. The number of alkyl halides is 1. The van der Waals surface area contributed by atoms with Crippen LogP contribution in [0.1, 0.15) is 13.8 Å². The molecular weight excluding hydrogens is 361 g/mol. The lowest BCUT2D eigenvalue weighted by molar-refractivity contribution is -0.324. The summed E-state index contributed by atoms with van der Waals surface area (Å²) in [7, 11) is 0. The van der Waals surface area contributed by atoms with E-state index in [9.17, 15) is 29.3 Å². The average molecular weight is 381 g/mol. The fraction of sp³-hybridized carbons (Fsp3) is 0.857. The van der Waals surface area contributed by atoms with Crippen LogP contribution in [0.3, 0.4) is 0 Å². The third-order valence-corrected chi connectivity index (χ3v) is 5.63.